The molecule has 3 heterocycles. The van der Waals surface area contributed by atoms with Gasteiger partial charge in [0.1, 0.15) is 22.7 Å². The quantitative estimate of drug-likeness (QED) is 0.241. The number of likely N-dealkylation sites (tertiary alicyclic amines) is 1. The van der Waals surface area contributed by atoms with E-state index in [1.165, 1.54) is 20.3 Å². The van der Waals surface area contributed by atoms with Crippen LogP contribution < -0.4 is 21.1 Å². The monoisotopic (exact) mass is 624 g/mol. The fraction of sp³-hybridized carbons (Fsp3) is 0.375. The third-order valence-corrected chi connectivity index (χ3v) is 10.1. The van der Waals surface area contributed by atoms with Crippen LogP contribution in [0.4, 0.5) is 15.8 Å². The normalized spacial score (nSPS) is 27.7. The van der Waals surface area contributed by atoms with Crippen LogP contribution in [0.25, 0.3) is 0 Å². The molecule has 4 aliphatic rings. The number of carbonyl (C=O) groups excluding carboxylic acids is 2. The summed E-state index contributed by atoms with van der Waals surface area (Å²) < 4.78 is 26.5. The number of hydrogen-bond donors (Lipinski definition) is 3. The summed E-state index contributed by atoms with van der Waals surface area (Å²) >= 11 is 12.7. The number of rotatable bonds is 6. The number of nitrogens with two attached hydrogens (primary N) is 1. The minimum atomic E-state index is -1.18. The third-order valence-electron chi connectivity index (χ3n) is 9.59. The van der Waals surface area contributed by atoms with Crippen molar-refractivity contribution in [2.75, 3.05) is 31.8 Å². The molecule has 8 nitrogen and oxygen atoms in total. The van der Waals surface area contributed by atoms with Crippen LogP contribution in [0.15, 0.2) is 48.5 Å². The van der Waals surface area contributed by atoms with Gasteiger partial charge in [0.05, 0.1) is 19.2 Å². The molecule has 0 bridgehead atoms. The molecule has 2 saturated heterocycles. The maximum Gasteiger partial charge on any atom is 0.341 e. The molecule has 3 fully saturated rings. The van der Waals surface area contributed by atoms with E-state index in [2.05, 4.69) is 15.5 Å². The van der Waals surface area contributed by atoms with E-state index >= 15 is 4.39 Å². The maximum atomic E-state index is 16.0. The fourth-order valence-corrected chi connectivity index (χ4v) is 7.99. The molecule has 0 aromatic heterocycles. The van der Waals surface area contributed by atoms with Crippen molar-refractivity contribution in [3.05, 3.63) is 86.6 Å². The number of nitrogen functional groups attached to an aromatic ring is 1. The van der Waals surface area contributed by atoms with Crippen molar-refractivity contribution in [2.45, 2.75) is 48.8 Å². The van der Waals surface area contributed by atoms with Gasteiger partial charge in [0, 0.05) is 52.5 Å². The van der Waals surface area contributed by atoms with Gasteiger partial charge in [-0.1, -0.05) is 41.4 Å². The standard InChI is InChI=1S/C32H31Cl2FN4O4/c1-42-26-12-18(22(36)11-19(26)30(40)43-2)23-13-25-29(37-23)27(17-4-3-5-21(34)28(17)35)32(39(25)14-15-6-7-15)20-9-8-16(33)10-24(20)38-31(32)41/h3-5,8-12,15,23,25,27,29,37H,6-7,13-14,36H2,1-2H3,(H,38,41)/t23?,25-,27-,29+,32+/m0/s1. The van der Waals surface area contributed by atoms with Gasteiger partial charge in [-0.3, -0.25) is 9.69 Å². The Morgan fingerprint density at radius 1 is 1.14 bits per heavy atom. The van der Waals surface area contributed by atoms with E-state index in [4.69, 9.17) is 38.4 Å². The van der Waals surface area contributed by atoms with E-state index in [1.807, 2.05) is 6.07 Å². The van der Waals surface area contributed by atoms with E-state index < -0.39 is 23.2 Å². The molecule has 7 rings (SSSR count). The summed E-state index contributed by atoms with van der Waals surface area (Å²) in [5.41, 5.74) is 8.53. The lowest BCUT2D eigenvalue weighted by Crippen LogP contribution is -2.53. The second-order valence-electron chi connectivity index (χ2n) is 11.8. The molecule has 1 saturated carbocycles. The largest absolute Gasteiger partial charge is 0.496 e. The topological polar surface area (TPSA) is 106 Å². The van der Waals surface area contributed by atoms with Crippen LogP contribution in [0.5, 0.6) is 5.75 Å². The number of halogens is 3. The summed E-state index contributed by atoms with van der Waals surface area (Å²) in [6.45, 7) is 0.684. The lowest BCUT2D eigenvalue weighted by atomic mass is 9.73. The average molecular weight is 626 g/mol. The van der Waals surface area contributed by atoms with Gasteiger partial charge in [-0.05, 0) is 66.6 Å². The maximum absolute atomic E-state index is 16.0. The van der Waals surface area contributed by atoms with Crippen molar-refractivity contribution in [3.63, 3.8) is 0 Å². The smallest absolute Gasteiger partial charge is 0.341 e. The van der Waals surface area contributed by atoms with Crippen molar-refractivity contribution < 1.29 is 23.5 Å². The van der Waals surface area contributed by atoms with Crippen LogP contribution in [-0.2, 0) is 15.1 Å². The summed E-state index contributed by atoms with van der Waals surface area (Å²) in [5, 5.41) is 7.33. The highest BCUT2D eigenvalue weighted by atomic mass is 35.5. The number of nitrogens with one attached hydrogen (secondary N) is 2. The predicted octanol–water partition coefficient (Wildman–Crippen LogP) is 5.64. The molecule has 1 amide bonds. The van der Waals surface area contributed by atoms with Crippen molar-refractivity contribution in [1.82, 2.24) is 10.2 Å². The molecule has 43 heavy (non-hydrogen) atoms. The van der Waals surface area contributed by atoms with Gasteiger partial charge in [-0.2, -0.15) is 0 Å². The molecule has 0 radical (unpaired) electrons. The second kappa shape index (κ2) is 10.4. The van der Waals surface area contributed by atoms with Gasteiger partial charge in [-0.15, -0.1) is 0 Å². The number of nitrogens with zero attached hydrogens (tertiary/aromatic N) is 1. The first kappa shape index (κ1) is 28.4. The summed E-state index contributed by atoms with van der Waals surface area (Å²) in [6, 6.07) is 13.0. The van der Waals surface area contributed by atoms with Crippen LogP contribution in [0.1, 0.15) is 58.3 Å². The highest BCUT2D eigenvalue weighted by Crippen LogP contribution is 2.61. The predicted molar refractivity (Wildman–Crippen MR) is 162 cm³/mol. The average Bonchev–Trinajstić information content (AvgIpc) is 3.56. The molecule has 3 aromatic rings. The third kappa shape index (κ3) is 4.23. The first-order valence-corrected chi connectivity index (χ1v) is 15.1. The number of carbonyl (C=O) groups is 2. The Balaban J connectivity index is 1.39. The van der Waals surface area contributed by atoms with Crippen LogP contribution in [0, 0.1) is 11.7 Å². The van der Waals surface area contributed by atoms with Gasteiger partial charge in [0.15, 0.2) is 0 Å². The Bertz CT molecular complexity index is 1670. The van der Waals surface area contributed by atoms with E-state index in [0.717, 1.165) is 24.0 Å². The lowest BCUT2D eigenvalue weighted by Gasteiger charge is -2.41. The van der Waals surface area contributed by atoms with Gasteiger partial charge < -0.3 is 25.8 Å². The molecular formula is C32H31Cl2FN4O4. The Hall–Kier alpha value is -3.37. The first-order chi connectivity index (χ1) is 20.7. The number of methoxy groups -OCH3 is 2. The van der Waals surface area contributed by atoms with Gasteiger partial charge in [0.25, 0.3) is 0 Å². The Morgan fingerprint density at radius 2 is 1.93 bits per heavy atom. The second-order valence-corrected chi connectivity index (χ2v) is 12.7. The van der Waals surface area contributed by atoms with Crippen molar-refractivity contribution >= 4 is 46.5 Å². The highest BCUT2D eigenvalue weighted by molar-refractivity contribution is 6.31. The first-order valence-electron chi connectivity index (χ1n) is 14.3. The fourth-order valence-electron chi connectivity index (χ4n) is 7.63. The number of fused-ring (bicyclic) bond motifs is 3. The van der Waals surface area contributed by atoms with E-state index in [0.29, 0.717) is 46.6 Å². The molecule has 5 atom stereocenters. The van der Waals surface area contributed by atoms with Crippen LogP contribution in [0.2, 0.25) is 10.0 Å². The molecule has 1 aliphatic carbocycles. The molecular weight excluding hydrogens is 594 g/mol. The number of ether oxygens (including phenoxy) is 2. The van der Waals surface area contributed by atoms with Gasteiger partial charge in [-0.25, -0.2) is 9.18 Å². The molecule has 11 heteroatoms. The molecule has 3 aromatic carbocycles. The van der Waals surface area contributed by atoms with Gasteiger partial charge in [0.2, 0.25) is 5.91 Å². The number of amides is 1. The Kier molecular flexibility index (Phi) is 6.85. The van der Waals surface area contributed by atoms with Crippen molar-refractivity contribution in [1.29, 1.82) is 0 Å². The summed E-state index contributed by atoms with van der Waals surface area (Å²) in [6.07, 6.45) is 2.75. The van der Waals surface area contributed by atoms with Crippen LogP contribution >= 0.6 is 23.2 Å². The Morgan fingerprint density at radius 3 is 2.65 bits per heavy atom. The number of benzene rings is 3. The Labute approximate surface area is 258 Å². The number of esters is 1. The van der Waals surface area contributed by atoms with Gasteiger partial charge >= 0.3 is 5.97 Å². The lowest BCUT2D eigenvalue weighted by molar-refractivity contribution is -0.128. The number of hydrogen-bond acceptors (Lipinski definition) is 7. The highest BCUT2D eigenvalue weighted by Gasteiger charge is 2.69. The summed E-state index contributed by atoms with van der Waals surface area (Å²) in [4.78, 5) is 29.0. The SMILES string of the molecule is COC(=O)c1cc(N)c(C2C[C@H]3[C@@H](N2)[C@H](c2cccc(Cl)c2F)[C@]2(C(=O)Nc4cc(Cl)ccc42)N3CC2CC2)cc1OC. The molecule has 3 aliphatic heterocycles. The molecule has 1 spiro atoms. The van der Waals surface area contributed by atoms with Crippen molar-refractivity contribution in [3.8, 4) is 5.75 Å². The minimum Gasteiger partial charge on any atom is -0.496 e. The van der Waals surface area contributed by atoms with E-state index in [-0.39, 0.29) is 34.6 Å². The van der Waals surface area contributed by atoms with Crippen molar-refractivity contribution in [2.24, 2.45) is 5.92 Å². The minimum absolute atomic E-state index is 0.00139. The summed E-state index contributed by atoms with van der Waals surface area (Å²) in [7, 11) is 2.79. The molecule has 1 unspecified atom stereocenters. The number of anilines is 2. The zero-order valence-corrected chi connectivity index (χ0v) is 25.1. The molecule has 4 N–H and O–H groups in total. The zero-order chi connectivity index (χ0) is 30.2. The van der Waals surface area contributed by atoms with E-state index in [1.54, 1.807) is 36.4 Å². The van der Waals surface area contributed by atoms with Crippen LogP contribution in [-0.4, -0.2) is 49.6 Å². The van der Waals surface area contributed by atoms with Crippen LogP contribution in [0.3, 0.4) is 0 Å². The summed E-state index contributed by atoms with van der Waals surface area (Å²) in [5.74, 6) is -1.13. The molecule has 224 valence electrons. The van der Waals surface area contributed by atoms with E-state index in [9.17, 15) is 9.59 Å². The zero-order valence-electron chi connectivity index (χ0n) is 23.6.